The Morgan fingerprint density at radius 3 is 2.32 bits per heavy atom. The summed E-state index contributed by atoms with van der Waals surface area (Å²) in [6.07, 6.45) is 1.81. The number of nitrogens with zero attached hydrogens (tertiary/aromatic N) is 1. The van der Waals surface area contributed by atoms with E-state index in [4.69, 9.17) is 27.9 Å². The van der Waals surface area contributed by atoms with Crippen molar-refractivity contribution in [3.05, 3.63) is 94.8 Å². The topological polar surface area (TPSA) is 50.7 Å². The summed E-state index contributed by atoms with van der Waals surface area (Å²) in [5.41, 5.74) is 5.04. The van der Waals surface area contributed by atoms with Crippen LogP contribution in [0.2, 0.25) is 10.0 Å². The largest absolute Gasteiger partial charge is 0.486 e. The van der Waals surface area contributed by atoms with Gasteiger partial charge < -0.3 is 4.74 Å². The van der Waals surface area contributed by atoms with Crippen molar-refractivity contribution in [3.8, 4) is 5.75 Å². The van der Waals surface area contributed by atoms with Crippen LogP contribution in [0.3, 0.4) is 0 Å². The molecule has 1 amide bonds. The molecule has 0 saturated heterocycles. The van der Waals surface area contributed by atoms with E-state index in [-0.39, 0.29) is 18.9 Å². The third-order valence-corrected chi connectivity index (χ3v) is 6.38. The summed E-state index contributed by atoms with van der Waals surface area (Å²) >= 11 is 22.5. The quantitative estimate of drug-likeness (QED) is 0.212. The molecule has 0 heterocycles. The van der Waals surface area contributed by atoms with Gasteiger partial charge in [-0.05, 0) is 79.4 Å². The monoisotopic (exact) mass is 646 g/mol. The van der Waals surface area contributed by atoms with E-state index in [0.29, 0.717) is 15.8 Å². The standard InChI is InChI=1S/C22H15Br3Cl2N2O2/c23-16-4-1-13(2-5-16)9-21(30)29-28-11-14-7-18(24)22(19(25)8-14)31-12-15-3-6-17(26)10-20(15)27/h1-8,10-11H,9,12H2,(H,29,30)/b28-11+. The second-order valence-corrected chi connectivity index (χ2v) is 9.90. The van der Waals surface area contributed by atoms with E-state index in [1.54, 1.807) is 18.3 Å². The van der Waals surface area contributed by atoms with Crippen LogP contribution in [0.25, 0.3) is 0 Å². The lowest BCUT2D eigenvalue weighted by atomic mass is 10.1. The van der Waals surface area contributed by atoms with Crippen molar-refractivity contribution < 1.29 is 9.53 Å². The summed E-state index contributed by atoms with van der Waals surface area (Å²) in [5, 5.41) is 5.15. The predicted octanol–water partition coefficient (Wildman–Crippen LogP) is 7.55. The Kier molecular flexibility index (Phi) is 8.98. The number of ether oxygens (including phenoxy) is 1. The average molecular weight is 650 g/mol. The minimum Gasteiger partial charge on any atom is -0.486 e. The molecule has 0 atom stereocenters. The summed E-state index contributed by atoms with van der Waals surface area (Å²) in [7, 11) is 0. The highest BCUT2D eigenvalue weighted by molar-refractivity contribution is 9.11. The summed E-state index contributed by atoms with van der Waals surface area (Å²) in [6.45, 7) is 0.284. The Hall–Kier alpha value is -1.38. The first-order valence-corrected chi connectivity index (χ1v) is 12.1. The smallest absolute Gasteiger partial charge is 0.244 e. The third-order valence-electron chi connectivity index (χ3n) is 4.09. The van der Waals surface area contributed by atoms with Crippen LogP contribution in [0.4, 0.5) is 0 Å². The lowest BCUT2D eigenvalue weighted by Gasteiger charge is -2.12. The summed E-state index contributed by atoms with van der Waals surface area (Å²) in [4.78, 5) is 12.0. The molecule has 0 aliphatic carbocycles. The Balaban J connectivity index is 1.60. The van der Waals surface area contributed by atoms with E-state index >= 15 is 0 Å². The van der Waals surface area contributed by atoms with Gasteiger partial charge in [-0.2, -0.15) is 5.10 Å². The molecular formula is C22H15Br3Cl2N2O2. The van der Waals surface area contributed by atoms with Crippen molar-refractivity contribution in [1.82, 2.24) is 5.43 Å². The average Bonchev–Trinajstić information content (AvgIpc) is 2.70. The molecule has 0 radical (unpaired) electrons. The zero-order valence-electron chi connectivity index (χ0n) is 15.8. The molecule has 31 heavy (non-hydrogen) atoms. The first kappa shape index (κ1) is 24.3. The fourth-order valence-electron chi connectivity index (χ4n) is 2.59. The second-order valence-electron chi connectivity index (χ2n) is 6.43. The SMILES string of the molecule is O=C(Cc1ccc(Br)cc1)N/N=C/c1cc(Br)c(OCc2ccc(Cl)cc2Cl)c(Br)c1. The van der Waals surface area contributed by atoms with Gasteiger partial charge in [0.2, 0.25) is 5.91 Å². The van der Waals surface area contributed by atoms with Crippen LogP contribution >= 0.6 is 71.0 Å². The van der Waals surface area contributed by atoms with Gasteiger partial charge in [-0.15, -0.1) is 0 Å². The summed E-state index contributed by atoms with van der Waals surface area (Å²) in [5.74, 6) is 0.430. The normalized spacial score (nSPS) is 11.0. The molecule has 0 spiro atoms. The van der Waals surface area contributed by atoms with Crippen molar-refractivity contribution in [1.29, 1.82) is 0 Å². The van der Waals surface area contributed by atoms with E-state index in [0.717, 1.165) is 30.1 Å². The van der Waals surface area contributed by atoms with Crippen LogP contribution in [0, 0.1) is 0 Å². The van der Waals surface area contributed by atoms with E-state index in [1.807, 2.05) is 42.5 Å². The van der Waals surface area contributed by atoms with Crippen molar-refractivity contribution in [2.24, 2.45) is 5.10 Å². The van der Waals surface area contributed by atoms with Gasteiger partial charge in [0.15, 0.2) is 0 Å². The number of carbonyl (C=O) groups excluding carboxylic acids is 1. The molecule has 160 valence electrons. The molecule has 0 fully saturated rings. The Morgan fingerprint density at radius 1 is 1.00 bits per heavy atom. The van der Waals surface area contributed by atoms with Crippen molar-refractivity contribution >= 4 is 83.1 Å². The second kappa shape index (κ2) is 11.5. The third kappa shape index (κ3) is 7.32. The van der Waals surface area contributed by atoms with Gasteiger partial charge in [0.25, 0.3) is 0 Å². The van der Waals surface area contributed by atoms with Gasteiger partial charge in [-0.25, -0.2) is 5.43 Å². The van der Waals surface area contributed by atoms with E-state index in [1.165, 1.54) is 0 Å². The Morgan fingerprint density at radius 2 is 1.68 bits per heavy atom. The van der Waals surface area contributed by atoms with Crippen LogP contribution in [-0.2, 0) is 17.8 Å². The molecule has 0 aromatic heterocycles. The van der Waals surface area contributed by atoms with E-state index in [9.17, 15) is 4.79 Å². The van der Waals surface area contributed by atoms with Crippen molar-refractivity contribution in [2.45, 2.75) is 13.0 Å². The number of benzene rings is 3. The molecule has 9 heteroatoms. The Bertz CT molecular complexity index is 1100. The number of rotatable bonds is 7. The van der Waals surface area contributed by atoms with Crippen molar-refractivity contribution in [2.75, 3.05) is 0 Å². The minimum absolute atomic E-state index is 0.198. The van der Waals surface area contributed by atoms with Crippen LogP contribution < -0.4 is 10.2 Å². The lowest BCUT2D eigenvalue weighted by molar-refractivity contribution is -0.120. The summed E-state index contributed by atoms with van der Waals surface area (Å²) < 4.78 is 8.34. The van der Waals surface area contributed by atoms with Gasteiger partial charge in [0.05, 0.1) is 21.6 Å². The number of carbonyl (C=O) groups is 1. The van der Waals surface area contributed by atoms with Gasteiger partial charge in [0, 0.05) is 20.1 Å². The molecule has 0 aliphatic rings. The number of amides is 1. The first-order chi connectivity index (χ1) is 14.8. The highest BCUT2D eigenvalue weighted by Crippen LogP contribution is 2.35. The van der Waals surface area contributed by atoms with E-state index < -0.39 is 0 Å². The van der Waals surface area contributed by atoms with Crippen LogP contribution in [0.15, 0.2) is 73.1 Å². The first-order valence-electron chi connectivity index (χ1n) is 8.94. The molecule has 0 aliphatic heterocycles. The maximum atomic E-state index is 12.0. The number of hydrazone groups is 1. The van der Waals surface area contributed by atoms with Crippen molar-refractivity contribution in [3.63, 3.8) is 0 Å². The summed E-state index contributed by atoms with van der Waals surface area (Å²) in [6, 6.07) is 16.5. The molecule has 0 saturated carbocycles. The fraction of sp³-hybridized carbons (Fsp3) is 0.0909. The van der Waals surface area contributed by atoms with Gasteiger partial charge in [0.1, 0.15) is 12.4 Å². The maximum Gasteiger partial charge on any atom is 0.244 e. The van der Waals surface area contributed by atoms with Crippen LogP contribution in [0.1, 0.15) is 16.7 Å². The highest BCUT2D eigenvalue weighted by Gasteiger charge is 2.10. The number of hydrogen-bond donors (Lipinski definition) is 1. The molecule has 3 aromatic rings. The van der Waals surface area contributed by atoms with Gasteiger partial charge in [-0.3, -0.25) is 4.79 Å². The predicted molar refractivity (Wildman–Crippen MR) is 136 cm³/mol. The van der Waals surface area contributed by atoms with E-state index in [2.05, 4.69) is 58.3 Å². The number of nitrogens with one attached hydrogen (secondary N) is 1. The van der Waals surface area contributed by atoms with Gasteiger partial charge in [-0.1, -0.05) is 57.3 Å². The lowest BCUT2D eigenvalue weighted by Crippen LogP contribution is -2.19. The molecule has 3 rings (SSSR count). The zero-order valence-corrected chi connectivity index (χ0v) is 22.1. The molecule has 4 nitrogen and oxygen atoms in total. The molecule has 0 unspecified atom stereocenters. The van der Waals surface area contributed by atoms with Crippen LogP contribution in [0.5, 0.6) is 5.75 Å². The Labute approximate surface area is 215 Å². The fourth-order valence-corrected chi connectivity index (χ4v) is 4.76. The number of halogens is 5. The zero-order chi connectivity index (χ0) is 22.4. The highest BCUT2D eigenvalue weighted by atomic mass is 79.9. The minimum atomic E-state index is -0.198. The number of hydrogen-bond acceptors (Lipinski definition) is 3. The van der Waals surface area contributed by atoms with Gasteiger partial charge >= 0.3 is 0 Å². The maximum absolute atomic E-state index is 12.0. The van der Waals surface area contributed by atoms with Crippen LogP contribution in [-0.4, -0.2) is 12.1 Å². The molecule has 3 aromatic carbocycles. The molecule has 1 N–H and O–H groups in total. The molecular weight excluding hydrogens is 635 g/mol. The molecule has 0 bridgehead atoms.